The van der Waals surface area contributed by atoms with Gasteiger partial charge in [0.1, 0.15) is 5.82 Å². The molecule has 5 nitrogen and oxygen atoms in total. The van der Waals surface area contributed by atoms with Crippen LogP contribution < -0.4 is 10.1 Å². The fourth-order valence-electron chi connectivity index (χ4n) is 1.43. The Bertz CT molecular complexity index is 516. The predicted octanol–water partition coefficient (Wildman–Crippen LogP) is 2.79. The molecule has 5 heteroatoms. The minimum Gasteiger partial charge on any atom is -0.436 e. The minimum absolute atomic E-state index is 0.465. The van der Waals surface area contributed by atoms with Gasteiger partial charge in [0, 0.05) is 12.7 Å². The molecule has 0 fully saturated rings. The van der Waals surface area contributed by atoms with E-state index in [1.54, 1.807) is 18.6 Å². The first-order valence-corrected chi connectivity index (χ1v) is 5.95. The van der Waals surface area contributed by atoms with Crippen molar-refractivity contribution in [1.29, 1.82) is 0 Å². The average Bonchev–Trinajstić information content (AvgIpc) is 2.40. The molecular formula is C13H16N4O. The van der Waals surface area contributed by atoms with E-state index >= 15 is 0 Å². The first-order valence-electron chi connectivity index (χ1n) is 5.95. The first kappa shape index (κ1) is 12.3. The Labute approximate surface area is 106 Å². The van der Waals surface area contributed by atoms with Gasteiger partial charge >= 0.3 is 0 Å². The van der Waals surface area contributed by atoms with Gasteiger partial charge in [-0.2, -0.15) is 4.98 Å². The molecular weight excluding hydrogens is 228 g/mol. The molecule has 0 unspecified atom stereocenters. The standard InChI is InChI=1S/C13H16N4O/c1-3-6-16-12-8-14-9-13(17-12)18-11-5-4-7-15-10(11)2/h4-5,7-9H,3,6H2,1-2H3,(H,16,17). The maximum Gasteiger partial charge on any atom is 0.239 e. The van der Waals surface area contributed by atoms with Crippen LogP contribution in [-0.2, 0) is 0 Å². The van der Waals surface area contributed by atoms with E-state index in [9.17, 15) is 0 Å². The average molecular weight is 244 g/mol. The maximum absolute atomic E-state index is 5.65. The van der Waals surface area contributed by atoms with Gasteiger partial charge in [0.15, 0.2) is 5.75 Å². The van der Waals surface area contributed by atoms with E-state index in [2.05, 4.69) is 27.2 Å². The van der Waals surface area contributed by atoms with Crippen molar-refractivity contribution in [2.24, 2.45) is 0 Å². The molecule has 2 aromatic heterocycles. The summed E-state index contributed by atoms with van der Waals surface area (Å²) in [5, 5.41) is 3.17. The van der Waals surface area contributed by atoms with Crippen LogP contribution >= 0.6 is 0 Å². The van der Waals surface area contributed by atoms with Crippen molar-refractivity contribution >= 4 is 5.82 Å². The monoisotopic (exact) mass is 244 g/mol. The SMILES string of the molecule is CCCNc1cncc(Oc2cccnc2C)n1. The normalized spacial score (nSPS) is 10.1. The van der Waals surface area contributed by atoms with Gasteiger partial charge in [0.2, 0.25) is 5.88 Å². The highest BCUT2D eigenvalue weighted by molar-refractivity contribution is 5.35. The van der Waals surface area contributed by atoms with Crippen LogP contribution in [0.25, 0.3) is 0 Å². The van der Waals surface area contributed by atoms with E-state index in [-0.39, 0.29) is 0 Å². The maximum atomic E-state index is 5.65. The minimum atomic E-state index is 0.465. The Hall–Kier alpha value is -2.17. The summed E-state index contributed by atoms with van der Waals surface area (Å²) in [6.45, 7) is 4.85. The molecule has 0 saturated carbocycles. The Morgan fingerprint density at radius 3 is 3.00 bits per heavy atom. The molecule has 0 atom stereocenters. The van der Waals surface area contributed by atoms with Crippen LogP contribution in [0.2, 0.25) is 0 Å². The summed E-state index contributed by atoms with van der Waals surface area (Å²) in [6, 6.07) is 3.69. The summed E-state index contributed by atoms with van der Waals surface area (Å²) in [7, 11) is 0. The Balaban J connectivity index is 2.12. The van der Waals surface area contributed by atoms with E-state index in [1.165, 1.54) is 0 Å². The van der Waals surface area contributed by atoms with Gasteiger partial charge in [-0.05, 0) is 25.5 Å². The molecule has 18 heavy (non-hydrogen) atoms. The lowest BCUT2D eigenvalue weighted by Crippen LogP contribution is -2.03. The molecule has 2 heterocycles. The van der Waals surface area contributed by atoms with Crippen molar-refractivity contribution in [1.82, 2.24) is 15.0 Å². The van der Waals surface area contributed by atoms with Crippen LogP contribution in [0.15, 0.2) is 30.7 Å². The number of rotatable bonds is 5. The quantitative estimate of drug-likeness (QED) is 0.876. The molecule has 0 aliphatic heterocycles. The van der Waals surface area contributed by atoms with Crippen molar-refractivity contribution in [3.63, 3.8) is 0 Å². The second-order valence-electron chi connectivity index (χ2n) is 3.86. The Morgan fingerprint density at radius 1 is 1.33 bits per heavy atom. The topological polar surface area (TPSA) is 59.9 Å². The molecule has 1 N–H and O–H groups in total. The third-order valence-corrected chi connectivity index (χ3v) is 2.34. The predicted molar refractivity (Wildman–Crippen MR) is 69.9 cm³/mol. The Morgan fingerprint density at radius 2 is 2.22 bits per heavy atom. The van der Waals surface area contributed by atoms with Gasteiger partial charge in [-0.1, -0.05) is 6.92 Å². The first-order chi connectivity index (χ1) is 8.79. The highest BCUT2D eigenvalue weighted by Crippen LogP contribution is 2.21. The van der Waals surface area contributed by atoms with Gasteiger partial charge in [0.05, 0.1) is 18.1 Å². The molecule has 0 amide bonds. The third-order valence-electron chi connectivity index (χ3n) is 2.34. The molecule has 0 aliphatic carbocycles. The van der Waals surface area contributed by atoms with Gasteiger partial charge in [-0.25, -0.2) is 0 Å². The molecule has 0 aliphatic rings. The molecule has 0 saturated heterocycles. The van der Waals surface area contributed by atoms with E-state index in [4.69, 9.17) is 4.74 Å². The number of nitrogens with one attached hydrogen (secondary N) is 1. The number of hydrogen-bond acceptors (Lipinski definition) is 5. The summed E-state index contributed by atoms with van der Waals surface area (Å²) in [6.07, 6.45) is 6.03. The smallest absolute Gasteiger partial charge is 0.239 e. The molecule has 0 spiro atoms. The van der Waals surface area contributed by atoms with E-state index in [1.807, 2.05) is 19.1 Å². The van der Waals surface area contributed by atoms with E-state index in [0.29, 0.717) is 11.6 Å². The Kier molecular flexibility index (Phi) is 4.06. The van der Waals surface area contributed by atoms with Crippen LogP contribution in [0.3, 0.4) is 0 Å². The van der Waals surface area contributed by atoms with Crippen molar-refractivity contribution in [3.05, 3.63) is 36.4 Å². The second-order valence-corrected chi connectivity index (χ2v) is 3.86. The highest BCUT2D eigenvalue weighted by atomic mass is 16.5. The second kappa shape index (κ2) is 5.95. The summed E-state index contributed by atoms with van der Waals surface area (Å²) in [5.41, 5.74) is 0.825. The molecule has 0 aromatic carbocycles. The van der Waals surface area contributed by atoms with Gasteiger partial charge in [-0.15, -0.1) is 0 Å². The highest BCUT2D eigenvalue weighted by Gasteiger charge is 2.04. The number of aromatic nitrogens is 3. The lowest BCUT2D eigenvalue weighted by Gasteiger charge is -2.08. The van der Waals surface area contributed by atoms with Crippen molar-refractivity contribution < 1.29 is 4.74 Å². The van der Waals surface area contributed by atoms with Crippen LogP contribution in [0.5, 0.6) is 11.6 Å². The van der Waals surface area contributed by atoms with Crippen LogP contribution in [0.4, 0.5) is 5.82 Å². The third kappa shape index (κ3) is 3.16. The largest absolute Gasteiger partial charge is 0.436 e. The lowest BCUT2D eigenvalue weighted by molar-refractivity contribution is 0.454. The van der Waals surface area contributed by atoms with Crippen molar-refractivity contribution in [2.45, 2.75) is 20.3 Å². The number of pyridine rings is 1. The van der Waals surface area contributed by atoms with E-state index in [0.717, 1.165) is 24.5 Å². The molecule has 2 rings (SSSR count). The zero-order valence-corrected chi connectivity index (χ0v) is 10.6. The zero-order chi connectivity index (χ0) is 12.8. The van der Waals surface area contributed by atoms with Crippen LogP contribution in [-0.4, -0.2) is 21.5 Å². The fraction of sp³-hybridized carbons (Fsp3) is 0.308. The number of nitrogens with zero attached hydrogens (tertiary/aromatic N) is 3. The summed E-state index contributed by atoms with van der Waals surface area (Å²) in [5.74, 6) is 1.88. The van der Waals surface area contributed by atoms with Gasteiger partial charge < -0.3 is 10.1 Å². The van der Waals surface area contributed by atoms with Crippen LogP contribution in [0, 0.1) is 6.92 Å². The number of hydrogen-bond donors (Lipinski definition) is 1. The summed E-state index contributed by atoms with van der Waals surface area (Å²) < 4.78 is 5.65. The zero-order valence-electron chi connectivity index (χ0n) is 10.6. The van der Waals surface area contributed by atoms with Crippen molar-refractivity contribution in [2.75, 3.05) is 11.9 Å². The number of anilines is 1. The van der Waals surface area contributed by atoms with Gasteiger partial charge in [-0.3, -0.25) is 9.97 Å². The molecule has 94 valence electrons. The summed E-state index contributed by atoms with van der Waals surface area (Å²) in [4.78, 5) is 12.6. The molecule has 2 aromatic rings. The number of ether oxygens (including phenoxy) is 1. The van der Waals surface area contributed by atoms with Crippen molar-refractivity contribution in [3.8, 4) is 11.6 Å². The number of aryl methyl sites for hydroxylation is 1. The van der Waals surface area contributed by atoms with Gasteiger partial charge in [0.25, 0.3) is 0 Å². The molecule has 0 radical (unpaired) electrons. The summed E-state index contributed by atoms with van der Waals surface area (Å²) >= 11 is 0. The van der Waals surface area contributed by atoms with Crippen LogP contribution in [0.1, 0.15) is 19.0 Å². The molecule has 0 bridgehead atoms. The lowest BCUT2D eigenvalue weighted by atomic mass is 10.3. The fourth-order valence-corrected chi connectivity index (χ4v) is 1.43. The van der Waals surface area contributed by atoms with E-state index < -0.39 is 0 Å².